The minimum atomic E-state index is -0.955. The first-order valence-corrected chi connectivity index (χ1v) is 10.2. The summed E-state index contributed by atoms with van der Waals surface area (Å²) in [6.07, 6.45) is 8.71. The van der Waals surface area contributed by atoms with Crippen LogP contribution in [-0.4, -0.2) is 21.3 Å². The molecule has 1 unspecified atom stereocenters. The monoisotopic (exact) mass is 450 g/mol. The molecule has 0 fully saturated rings. The lowest BCUT2D eigenvalue weighted by atomic mass is 9.98. The van der Waals surface area contributed by atoms with Crippen molar-refractivity contribution in [3.63, 3.8) is 0 Å². The molecule has 2 aliphatic heterocycles. The van der Waals surface area contributed by atoms with Crippen LogP contribution in [0.1, 0.15) is 18.1 Å². The largest absolute Gasteiger partial charge is 0.348 e. The summed E-state index contributed by atoms with van der Waals surface area (Å²) in [5.41, 5.74) is 1.63. The van der Waals surface area contributed by atoms with Crippen molar-refractivity contribution in [1.82, 2.24) is 15.2 Å². The molecule has 0 aliphatic carbocycles. The fourth-order valence-corrected chi connectivity index (χ4v) is 3.88. The van der Waals surface area contributed by atoms with E-state index in [1.54, 1.807) is 12.3 Å². The van der Waals surface area contributed by atoms with Gasteiger partial charge in [-0.25, -0.2) is 17.6 Å². The van der Waals surface area contributed by atoms with E-state index in [-0.39, 0.29) is 17.0 Å². The number of hydrogen-bond acceptors (Lipinski definition) is 4. The standard InChI is InChI=1S/C25H18F4N4/c1-25-7-8-33(14-22(25)31-24(32-25)19-3-2-4-20(27)23(19)29)13-15-9-16(12-30-11-15)18-6-5-17(26)10-21(18)28/h2-12,14H,13H2,1H3,(H,31,32). The minimum Gasteiger partial charge on any atom is -0.348 e. The molecule has 3 heterocycles. The van der Waals surface area contributed by atoms with Crippen molar-refractivity contribution in [2.75, 3.05) is 0 Å². The Morgan fingerprint density at radius 2 is 1.82 bits per heavy atom. The SMILES string of the molecule is CC12C=CN(Cc3cncc(-c4ccc(F)cc4F)c3)C=C1NC(c1cccc(F)c1F)=N2. The summed E-state index contributed by atoms with van der Waals surface area (Å²) in [6, 6.07) is 9.17. The Labute approximate surface area is 187 Å². The molecule has 2 aliphatic rings. The first-order chi connectivity index (χ1) is 15.8. The van der Waals surface area contributed by atoms with Gasteiger partial charge in [-0.05, 0) is 48.9 Å². The molecule has 4 nitrogen and oxygen atoms in total. The smallest absolute Gasteiger partial charge is 0.169 e. The molecular weight excluding hydrogens is 432 g/mol. The number of rotatable bonds is 4. The number of amidine groups is 1. The van der Waals surface area contributed by atoms with Crippen LogP contribution in [0.4, 0.5) is 17.6 Å². The van der Waals surface area contributed by atoms with Gasteiger partial charge < -0.3 is 10.2 Å². The highest BCUT2D eigenvalue weighted by Crippen LogP contribution is 2.33. The summed E-state index contributed by atoms with van der Waals surface area (Å²) in [7, 11) is 0. The van der Waals surface area contributed by atoms with Crippen LogP contribution in [0.2, 0.25) is 0 Å². The van der Waals surface area contributed by atoms with E-state index >= 15 is 0 Å². The Morgan fingerprint density at radius 1 is 0.970 bits per heavy atom. The molecule has 8 heteroatoms. The van der Waals surface area contributed by atoms with Gasteiger partial charge in [-0.1, -0.05) is 6.07 Å². The van der Waals surface area contributed by atoms with E-state index in [4.69, 9.17) is 0 Å². The van der Waals surface area contributed by atoms with Crippen molar-refractivity contribution in [1.29, 1.82) is 0 Å². The Balaban J connectivity index is 1.38. The number of aromatic nitrogens is 1. The second kappa shape index (κ2) is 7.88. The van der Waals surface area contributed by atoms with Crippen molar-refractivity contribution >= 4 is 5.84 Å². The average Bonchev–Trinajstić information content (AvgIpc) is 3.12. The summed E-state index contributed by atoms with van der Waals surface area (Å²) in [5.74, 6) is -2.94. The van der Waals surface area contributed by atoms with Crippen LogP contribution in [0.5, 0.6) is 0 Å². The van der Waals surface area contributed by atoms with E-state index in [1.165, 1.54) is 30.5 Å². The summed E-state index contributed by atoms with van der Waals surface area (Å²) in [6.45, 7) is 2.29. The Kier molecular flexibility index (Phi) is 5.00. The number of pyridine rings is 1. The zero-order chi connectivity index (χ0) is 23.2. The topological polar surface area (TPSA) is 40.5 Å². The van der Waals surface area contributed by atoms with Crippen LogP contribution in [0.3, 0.4) is 0 Å². The Bertz CT molecular complexity index is 1350. The molecule has 0 saturated heterocycles. The van der Waals surface area contributed by atoms with Gasteiger partial charge in [-0.3, -0.25) is 9.98 Å². The molecule has 166 valence electrons. The lowest BCUT2D eigenvalue weighted by molar-refractivity contribution is 0.462. The third-order valence-electron chi connectivity index (χ3n) is 5.64. The number of nitrogens with one attached hydrogen (secondary N) is 1. The lowest BCUT2D eigenvalue weighted by Crippen LogP contribution is -2.31. The maximum Gasteiger partial charge on any atom is 0.169 e. The highest BCUT2D eigenvalue weighted by Gasteiger charge is 2.36. The van der Waals surface area contributed by atoms with Gasteiger partial charge in [0.25, 0.3) is 0 Å². The summed E-state index contributed by atoms with van der Waals surface area (Å²) in [4.78, 5) is 10.6. The van der Waals surface area contributed by atoms with Gasteiger partial charge in [0.2, 0.25) is 0 Å². The first-order valence-electron chi connectivity index (χ1n) is 10.2. The second-order valence-corrected chi connectivity index (χ2v) is 8.07. The van der Waals surface area contributed by atoms with Crippen LogP contribution in [0.25, 0.3) is 11.1 Å². The molecule has 3 aromatic rings. The van der Waals surface area contributed by atoms with Crippen molar-refractivity contribution in [3.8, 4) is 11.1 Å². The Morgan fingerprint density at radius 3 is 2.64 bits per heavy atom. The number of hydrogen-bond donors (Lipinski definition) is 1. The molecule has 0 saturated carbocycles. The first kappa shape index (κ1) is 20.9. The van der Waals surface area contributed by atoms with Gasteiger partial charge in [-0.2, -0.15) is 0 Å². The van der Waals surface area contributed by atoms with Crippen molar-refractivity contribution in [2.24, 2.45) is 4.99 Å². The molecule has 1 N–H and O–H groups in total. The maximum absolute atomic E-state index is 14.3. The van der Waals surface area contributed by atoms with Gasteiger partial charge in [0.1, 0.15) is 23.0 Å². The van der Waals surface area contributed by atoms with Crippen LogP contribution < -0.4 is 5.32 Å². The molecule has 1 atom stereocenters. The quantitative estimate of drug-likeness (QED) is 0.550. The summed E-state index contributed by atoms with van der Waals surface area (Å²) >= 11 is 0. The van der Waals surface area contributed by atoms with E-state index < -0.39 is 28.8 Å². The average molecular weight is 450 g/mol. The van der Waals surface area contributed by atoms with E-state index in [0.29, 0.717) is 17.8 Å². The number of aliphatic imine (C=N–C) groups is 1. The number of benzene rings is 2. The summed E-state index contributed by atoms with van der Waals surface area (Å²) in [5, 5.41) is 3.09. The molecule has 5 rings (SSSR count). The van der Waals surface area contributed by atoms with Gasteiger partial charge in [-0.15, -0.1) is 0 Å². The van der Waals surface area contributed by atoms with E-state index in [0.717, 1.165) is 17.7 Å². The zero-order valence-corrected chi connectivity index (χ0v) is 17.5. The fourth-order valence-electron chi connectivity index (χ4n) is 3.88. The molecule has 0 radical (unpaired) electrons. The van der Waals surface area contributed by atoms with Crippen molar-refractivity contribution < 1.29 is 17.6 Å². The molecule has 0 bridgehead atoms. The van der Waals surface area contributed by atoms with E-state index in [1.807, 2.05) is 30.3 Å². The molecule has 33 heavy (non-hydrogen) atoms. The number of fused-ring (bicyclic) bond motifs is 1. The van der Waals surface area contributed by atoms with Gasteiger partial charge >= 0.3 is 0 Å². The van der Waals surface area contributed by atoms with Crippen LogP contribution >= 0.6 is 0 Å². The highest BCUT2D eigenvalue weighted by atomic mass is 19.2. The lowest BCUT2D eigenvalue weighted by Gasteiger charge is -2.28. The van der Waals surface area contributed by atoms with Crippen LogP contribution in [0, 0.1) is 23.3 Å². The summed E-state index contributed by atoms with van der Waals surface area (Å²) < 4.78 is 55.3. The molecule has 1 aromatic heterocycles. The number of nitrogens with zero attached hydrogens (tertiary/aromatic N) is 3. The zero-order valence-electron chi connectivity index (χ0n) is 17.5. The van der Waals surface area contributed by atoms with Crippen molar-refractivity contribution in [2.45, 2.75) is 19.0 Å². The number of halogens is 4. The minimum absolute atomic E-state index is 0.0599. The van der Waals surface area contributed by atoms with Gasteiger partial charge in [0, 0.05) is 48.5 Å². The predicted molar refractivity (Wildman–Crippen MR) is 117 cm³/mol. The van der Waals surface area contributed by atoms with Gasteiger partial charge in [0.15, 0.2) is 11.6 Å². The molecule has 2 aromatic carbocycles. The Hall–Kier alpha value is -3.94. The molecule has 0 amide bonds. The van der Waals surface area contributed by atoms with Crippen molar-refractivity contribution in [3.05, 3.63) is 113 Å². The van der Waals surface area contributed by atoms with E-state index in [9.17, 15) is 17.6 Å². The normalized spacial score (nSPS) is 19.1. The van der Waals surface area contributed by atoms with E-state index in [2.05, 4.69) is 15.3 Å². The van der Waals surface area contributed by atoms with Crippen LogP contribution in [0.15, 0.2) is 84.0 Å². The molecular formula is C25H18F4N4. The fraction of sp³-hybridized carbons (Fsp3) is 0.120. The molecule has 0 spiro atoms. The third-order valence-corrected chi connectivity index (χ3v) is 5.64. The predicted octanol–water partition coefficient (Wildman–Crippen LogP) is 5.28. The van der Waals surface area contributed by atoms with Gasteiger partial charge in [0.05, 0.1) is 11.3 Å². The van der Waals surface area contributed by atoms with Crippen LogP contribution in [-0.2, 0) is 6.54 Å². The third kappa shape index (κ3) is 3.88. The second-order valence-electron chi connectivity index (χ2n) is 8.07. The maximum atomic E-state index is 14.3. The highest BCUT2D eigenvalue weighted by molar-refractivity contribution is 6.02.